The fraction of sp³-hybridized carbons (Fsp3) is 0.743. The number of esters is 5. The van der Waals surface area contributed by atoms with Gasteiger partial charge >= 0.3 is 29.8 Å². The lowest BCUT2D eigenvalue weighted by Crippen LogP contribution is -2.95. The van der Waals surface area contributed by atoms with E-state index in [-0.39, 0.29) is 32.3 Å². The van der Waals surface area contributed by atoms with Crippen LogP contribution in [0.1, 0.15) is 91.7 Å². The van der Waals surface area contributed by atoms with E-state index in [1.807, 2.05) is 13.8 Å². The number of furan rings is 1. The quantitative estimate of drug-likeness (QED) is 0.327. The number of cyclic esters (lactones) is 2. The standard InChI is InChI=1S/C35H40O14/c1-7-22(38)45-27-34-21-13-24(40)44-25(19-8-11-41-14-19)28(21,4)9-10-32(34)31-16-42-23(39)12-20(31)29(5)15-33(31,48-30(6,47-32)49-34)35(27,46-18(3)37)26(29)43-17(2)36/h8,11,14,20-21,25-27H,7,9-10,12-13,15-16H2,1-6H3/t20-,21+,25-,26-,27-,28+,29+,30+,31-,32-,33+,34+,35-/m0/s1. The molecule has 0 N–H and O–H groups in total. The average Bonchev–Trinajstić information content (AvgIpc) is 3.73. The van der Waals surface area contributed by atoms with Gasteiger partial charge in [-0.05, 0) is 31.2 Å². The minimum absolute atomic E-state index is 0.0514. The van der Waals surface area contributed by atoms with Gasteiger partial charge in [0.15, 0.2) is 12.2 Å². The molecule has 9 rings (SSSR count). The van der Waals surface area contributed by atoms with Gasteiger partial charge in [0.05, 0.1) is 24.4 Å². The molecule has 0 radical (unpaired) electrons. The van der Waals surface area contributed by atoms with Crippen molar-refractivity contribution in [3.63, 3.8) is 0 Å². The van der Waals surface area contributed by atoms with Crippen LogP contribution in [0.4, 0.5) is 0 Å². The Labute approximate surface area is 281 Å². The zero-order valence-corrected chi connectivity index (χ0v) is 28.3. The third-order valence-electron chi connectivity index (χ3n) is 13.9. The maximum absolute atomic E-state index is 13.8. The van der Waals surface area contributed by atoms with Crippen molar-refractivity contribution in [2.75, 3.05) is 6.61 Å². The molecule has 13 atom stereocenters. The fourth-order valence-corrected chi connectivity index (χ4v) is 13.0. The highest BCUT2D eigenvalue weighted by Gasteiger charge is 3.06. The Hall–Kier alpha value is -3.49. The molecule has 49 heavy (non-hydrogen) atoms. The summed E-state index contributed by atoms with van der Waals surface area (Å²) < 4.78 is 58.4. The molecule has 8 fully saturated rings. The molecule has 4 bridgehead atoms. The van der Waals surface area contributed by atoms with E-state index in [2.05, 4.69) is 0 Å². The smallest absolute Gasteiger partial charge is 0.306 e. The van der Waals surface area contributed by atoms with Gasteiger partial charge in [-0.1, -0.05) is 20.8 Å². The van der Waals surface area contributed by atoms with Crippen LogP contribution in [-0.2, 0) is 61.9 Å². The lowest BCUT2D eigenvalue weighted by Gasteiger charge is -2.77. The Morgan fingerprint density at radius 2 is 1.61 bits per heavy atom. The number of ether oxygens (including phenoxy) is 8. The normalized spacial score (nSPS) is 52.3. The minimum atomic E-state index is -2.01. The van der Waals surface area contributed by atoms with E-state index in [0.717, 1.165) is 0 Å². The van der Waals surface area contributed by atoms with Gasteiger partial charge < -0.3 is 42.3 Å². The molecule has 4 saturated carbocycles. The summed E-state index contributed by atoms with van der Waals surface area (Å²) in [7, 11) is 0. The molecule has 14 heteroatoms. The first kappa shape index (κ1) is 31.5. The van der Waals surface area contributed by atoms with Gasteiger partial charge in [0.1, 0.15) is 29.5 Å². The predicted molar refractivity (Wildman–Crippen MR) is 157 cm³/mol. The largest absolute Gasteiger partial charge is 0.472 e. The highest BCUT2D eigenvalue weighted by Crippen LogP contribution is 2.90. The van der Waals surface area contributed by atoms with Gasteiger partial charge in [-0.15, -0.1) is 0 Å². The second-order valence-corrected chi connectivity index (χ2v) is 16.0. The molecule has 8 aliphatic rings. The van der Waals surface area contributed by atoms with Crippen LogP contribution in [0.2, 0.25) is 0 Å². The van der Waals surface area contributed by atoms with Crippen molar-refractivity contribution in [1.82, 2.24) is 0 Å². The maximum Gasteiger partial charge on any atom is 0.306 e. The molecule has 5 heterocycles. The molecule has 0 aromatic carbocycles. The average molecular weight is 685 g/mol. The third-order valence-corrected chi connectivity index (χ3v) is 13.9. The van der Waals surface area contributed by atoms with Gasteiger partial charge in [0.2, 0.25) is 5.60 Å². The SMILES string of the molecule is CCC(=O)O[C@@H]1[C@@]2(OC(C)=O)[C@@H](OC(C)=O)[C@]3(C)C[C@]24O[C@]2(C)O[C@]15[C@@H]1CC(=O)O[C@@H](c6ccoc6)[C@]1(C)CC[C@]5(O2)[C@@]41COC(=O)C[C@@H]31. The Kier molecular flexibility index (Phi) is 5.81. The fourth-order valence-electron chi connectivity index (χ4n) is 13.0. The molecule has 3 spiro atoms. The molecule has 4 aliphatic carbocycles. The van der Waals surface area contributed by atoms with Crippen LogP contribution in [-0.4, -0.2) is 77.0 Å². The van der Waals surface area contributed by atoms with E-state index in [9.17, 15) is 24.0 Å². The first-order chi connectivity index (χ1) is 23.0. The van der Waals surface area contributed by atoms with Crippen molar-refractivity contribution < 1.29 is 66.3 Å². The van der Waals surface area contributed by atoms with Gasteiger partial charge in [0, 0.05) is 55.9 Å². The van der Waals surface area contributed by atoms with Crippen molar-refractivity contribution >= 4 is 29.8 Å². The summed E-state index contributed by atoms with van der Waals surface area (Å²) >= 11 is 0. The lowest BCUT2D eigenvalue weighted by molar-refractivity contribution is -0.485. The third kappa shape index (κ3) is 3.08. The van der Waals surface area contributed by atoms with Crippen LogP contribution in [0.25, 0.3) is 0 Å². The Morgan fingerprint density at radius 3 is 2.29 bits per heavy atom. The Bertz CT molecular complexity index is 1720. The van der Waals surface area contributed by atoms with E-state index in [0.29, 0.717) is 18.4 Å². The van der Waals surface area contributed by atoms with Crippen LogP contribution in [0.3, 0.4) is 0 Å². The molecule has 4 aliphatic heterocycles. The van der Waals surface area contributed by atoms with E-state index in [4.69, 9.17) is 42.3 Å². The van der Waals surface area contributed by atoms with Crippen molar-refractivity contribution in [3.8, 4) is 0 Å². The van der Waals surface area contributed by atoms with E-state index >= 15 is 0 Å². The Balaban J connectivity index is 1.42. The summed E-state index contributed by atoms with van der Waals surface area (Å²) in [6.45, 7) is 9.47. The van der Waals surface area contributed by atoms with Crippen LogP contribution in [0.15, 0.2) is 23.0 Å². The monoisotopic (exact) mass is 684 g/mol. The molecule has 1 aromatic rings. The summed E-state index contributed by atoms with van der Waals surface area (Å²) in [6, 6.07) is 1.74. The van der Waals surface area contributed by atoms with Crippen LogP contribution < -0.4 is 0 Å². The molecule has 1 aromatic heterocycles. The van der Waals surface area contributed by atoms with Gasteiger partial charge in [-0.2, -0.15) is 0 Å². The van der Waals surface area contributed by atoms with Crippen molar-refractivity contribution in [2.45, 2.75) is 127 Å². The molecule has 0 amide bonds. The number of rotatable bonds is 5. The number of carbonyl (C=O) groups excluding carboxylic acids is 5. The zero-order chi connectivity index (χ0) is 34.8. The van der Waals surface area contributed by atoms with Gasteiger partial charge in [-0.25, -0.2) is 0 Å². The van der Waals surface area contributed by atoms with Crippen LogP contribution in [0.5, 0.6) is 0 Å². The van der Waals surface area contributed by atoms with E-state index < -0.39 is 105 Å². The molecule has 0 unspecified atom stereocenters. The highest BCUT2D eigenvalue weighted by atomic mass is 16.9. The summed E-state index contributed by atoms with van der Waals surface area (Å²) in [4.78, 5) is 67.5. The first-order valence-corrected chi connectivity index (χ1v) is 17.1. The van der Waals surface area contributed by atoms with Crippen molar-refractivity contribution in [3.05, 3.63) is 24.2 Å². The molecule has 14 nitrogen and oxygen atoms in total. The molecule has 4 saturated heterocycles. The summed E-state index contributed by atoms with van der Waals surface area (Å²) in [5.74, 6) is -6.19. The van der Waals surface area contributed by atoms with Crippen LogP contribution >= 0.6 is 0 Å². The summed E-state index contributed by atoms with van der Waals surface area (Å²) in [6.07, 6.45) is 0.0957. The maximum atomic E-state index is 13.8. The molecular weight excluding hydrogens is 644 g/mol. The summed E-state index contributed by atoms with van der Waals surface area (Å²) in [5, 5.41) is 0. The minimum Gasteiger partial charge on any atom is -0.472 e. The van der Waals surface area contributed by atoms with E-state index in [1.54, 1.807) is 19.9 Å². The number of fused-ring (bicyclic) bond motifs is 4. The van der Waals surface area contributed by atoms with Gasteiger partial charge in [-0.3, -0.25) is 24.0 Å². The molecular formula is C35H40O14. The zero-order valence-electron chi connectivity index (χ0n) is 28.3. The van der Waals surface area contributed by atoms with Gasteiger partial charge in [0.25, 0.3) is 5.97 Å². The topological polar surface area (TPSA) is 172 Å². The van der Waals surface area contributed by atoms with Crippen molar-refractivity contribution in [1.29, 1.82) is 0 Å². The van der Waals surface area contributed by atoms with Crippen molar-refractivity contribution in [2.24, 2.45) is 28.1 Å². The second kappa shape index (κ2) is 9.05. The number of hydrogen-bond acceptors (Lipinski definition) is 14. The predicted octanol–water partition coefficient (Wildman–Crippen LogP) is 3.19. The lowest BCUT2D eigenvalue weighted by atomic mass is 9.33. The highest BCUT2D eigenvalue weighted by molar-refractivity contribution is 5.76. The second-order valence-electron chi connectivity index (χ2n) is 16.0. The van der Waals surface area contributed by atoms with Crippen LogP contribution in [0, 0.1) is 28.1 Å². The summed E-state index contributed by atoms with van der Waals surface area (Å²) in [5.41, 5.74) is -9.33. The molecule has 264 valence electrons. The van der Waals surface area contributed by atoms with E-state index in [1.165, 1.54) is 26.4 Å². The number of hydrogen-bond donors (Lipinski definition) is 0. The number of carbonyl (C=O) groups is 5. The Morgan fingerprint density at radius 1 is 0.878 bits per heavy atom. The first-order valence-electron chi connectivity index (χ1n) is 17.1.